The molecule has 0 aliphatic carbocycles. The van der Waals surface area contributed by atoms with Crippen molar-refractivity contribution in [3.8, 4) is 0 Å². The van der Waals surface area contributed by atoms with Crippen molar-refractivity contribution in [2.24, 2.45) is 0 Å². The summed E-state index contributed by atoms with van der Waals surface area (Å²) < 4.78 is 41.2. The molecule has 1 atom stereocenters. The molecule has 1 aliphatic heterocycles. The zero-order chi connectivity index (χ0) is 15.6. The molecule has 1 aromatic carbocycles. The van der Waals surface area contributed by atoms with E-state index < -0.39 is 15.8 Å². The van der Waals surface area contributed by atoms with Crippen LogP contribution < -0.4 is 0 Å². The van der Waals surface area contributed by atoms with Crippen molar-refractivity contribution in [1.29, 1.82) is 0 Å². The zero-order valence-corrected chi connectivity index (χ0v) is 13.7. The van der Waals surface area contributed by atoms with Crippen LogP contribution in [0.25, 0.3) is 0 Å². The molecule has 1 fully saturated rings. The number of aryl methyl sites for hydroxylation is 1. The lowest BCUT2D eigenvalue weighted by Gasteiger charge is -2.29. The normalized spacial score (nSPS) is 22.2. The fourth-order valence-corrected chi connectivity index (χ4v) is 4.68. The Kier molecular flexibility index (Phi) is 5.01. The van der Waals surface area contributed by atoms with Gasteiger partial charge in [-0.15, -0.1) is 0 Å². The third kappa shape index (κ3) is 3.44. The van der Waals surface area contributed by atoms with Crippen molar-refractivity contribution in [3.05, 3.63) is 29.6 Å². The van der Waals surface area contributed by atoms with Gasteiger partial charge in [-0.2, -0.15) is 4.31 Å². The molecule has 0 aromatic heterocycles. The average molecular weight is 314 g/mol. The van der Waals surface area contributed by atoms with E-state index in [2.05, 4.69) is 4.90 Å². The van der Waals surface area contributed by atoms with Gasteiger partial charge in [-0.05, 0) is 51.1 Å². The molecule has 4 nitrogen and oxygen atoms in total. The van der Waals surface area contributed by atoms with E-state index in [4.69, 9.17) is 0 Å². The molecule has 0 saturated carbocycles. The highest BCUT2D eigenvalue weighted by atomic mass is 32.2. The molecule has 6 heteroatoms. The van der Waals surface area contributed by atoms with Gasteiger partial charge in [0.15, 0.2) is 0 Å². The summed E-state index contributed by atoms with van der Waals surface area (Å²) in [5.41, 5.74) is 0.745. The third-order valence-corrected chi connectivity index (χ3v) is 5.96. The maximum Gasteiger partial charge on any atom is 0.246 e. The molecule has 1 heterocycles. The quantitative estimate of drug-likeness (QED) is 0.859. The van der Waals surface area contributed by atoms with E-state index in [1.807, 2.05) is 14.0 Å². The summed E-state index contributed by atoms with van der Waals surface area (Å²) in [6.45, 7) is 5.73. The van der Waals surface area contributed by atoms with Crippen LogP contribution in [0.5, 0.6) is 0 Å². The first-order valence-corrected chi connectivity index (χ1v) is 8.76. The Bertz CT molecular complexity index is 604. The molecule has 0 bridgehead atoms. The standard InChI is InChI=1S/C15H23FN2O2S/c1-4-13-11-17(3)8-5-9-18(13)21(19,20)15-10-12(2)6-7-14(15)16/h6-7,10,13H,4-5,8-9,11H2,1-3H3. The summed E-state index contributed by atoms with van der Waals surface area (Å²) >= 11 is 0. The lowest BCUT2D eigenvalue weighted by atomic mass is 10.2. The van der Waals surface area contributed by atoms with Gasteiger partial charge in [0.25, 0.3) is 0 Å². The Morgan fingerprint density at radius 2 is 2.05 bits per heavy atom. The average Bonchev–Trinajstić information content (AvgIpc) is 2.63. The van der Waals surface area contributed by atoms with E-state index in [9.17, 15) is 12.8 Å². The molecule has 1 saturated heterocycles. The van der Waals surface area contributed by atoms with Crippen molar-refractivity contribution < 1.29 is 12.8 Å². The van der Waals surface area contributed by atoms with Crippen LogP contribution in [0.4, 0.5) is 4.39 Å². The predicted molar refractivity (Wildman–Crippen MR) is 81.2 cm³/mol. The largest absolute Gasteiger partial charge is 0.305 e. The molecular formula is C15H23FN2O2S. The van der Waals surface area contributed by atoms with Gasteiger partial charge in [0.1, 0.15) is 10.7 Å². The second-order valence-corrected chi connectivity index (χ2v) is 7.59. The number of sulfonamides is 1. The highest BCUT2D eigenvalue weighted by molar-refractivity contribution is 7.89. The first-order chi connectivity index (χ1) is 9.86. The minimum atomic E-state index is -3.79. The Morgan fingerprint density at radius 1 is 1.33 bits per heavy atom. The molecule has 21 heavy (non-hydrogen) atoms. The third-order valence-electron chi connectivity index (χ3n) is 3.99. The Balaban J connectivity index is 2.43. The van der Waals surface area contributed by atoms with Gasteiger partial charge in [0, 0.05) is 19.1 Å². The number of likely N-dealkylation sites (N-methyl/N-ethyl adjacent to an activating group) is 1. The molecule has 0 radical (unpaired) electrons. The van der Waals surface area contributed by atoms with Gasteiger partial charge in [-0.3, -0.25) is 0 Å². The van der Waals surface area contributed by atoms with Crippen molar-refractivity contribution in [3.63, 3.8) is 0 Å². The van der Waals surface area contributed by atoms with E-state index in [0.717, 1.165) is 24.9 Å². The van der Waals surface area contributed by atoms with Gasteiger partial charge >= 0.3 is 0 Å². The molecule has 0 N–H and O–H groups in total. The molecule has 2 rings (SSSR count). The van der Waals surface area contributed by atoms with Gasteiger partial charge in [-0.1, -0.05) is 13.0 Å². The predicted octanol–water partition coefficient (Wildman–Crippen LogP) is 2.24. The number of benzene rings is 1. The topological polar surface area (TPSA) is 40.6 Å². The van der Waals surface area contributed by atoms with Crippen molar-refractivity contribution >= 4 is 10.0 Å². The van der Waals surface area contributed by atoms with Crippen LogP contribution in [0.3, 0.4) is 0 Å². The van der Waals surface area contributed by atoms with Crippen molar-refractivity contribution in [1.82, 2.24) is 9.21 Å². The highest BCUT2D eigenvalue weighted by Gasteiger charge is 2.34. The number of rotatable bonds is 3. The molecule has 1 aliphatic rings. The van der Waals surface area contributed by atoms with Crippen LogP contribution in [0.2, 0.25) is 0 Å². The molecule has 0 amide bonds. The van der Waals surface area contributed by atoms with Crippen LogP contribution in [0, 0.1) is 12.7 Å². The van der Waals surface area contributed by atoms with Crippen LogP contribution in [-0.4, -0.2) is 50.3 Å². The molecule has 0 spiro atoms. The molecule has 118 valence electrons. The Morgan fingerprint density at radius 3 is 2.71 bits per heavy atom. The Hall–Kier alpha value is -0.980. The zero-order valence-electron chi connectivity index (χ0n) is 12.8. The highest BCUT2D eigenvalue weighted by Crippen LogP contribution is 2.25. The maximum absolute atomic E-state index is 14.0. The lowest BCUT2D eigenvalue weighted by Crippen LogP contribution is -2.43. The van der Waals surface area contributed by atoms with Crippen molar-refractivity contribution in [2.45, 2.75) is 37.6 Å². The smallest absolute Gasteiger partial charge is 0.246 e. The minimum absolute atomic E-state index is 0.109. The van der Waals surface area contributed by atoms with Gasteiger partial charge in [0.05, 0.1) is 0 Å². The fourth-order valence-electron chi connectivity index (χ4n) is 2.80. The van der Waals surface area contributed by atoms with E-state index in [0.29, 0.717) is 13.1 Å². The molecular weight excluding hydrogens is 291 g/mol. The second-order valence-electron chi connectivity index (χ2n) is 5.73. The monoisotopic (exact) mass is 314 g/mol. The summed E-state index contributed by atoms with van der Waals surface area (Å²) in [4.78, 5) is 1.93. The van der Waals surface area contributed by atoms with Crippen LogP contribution in [0.15, 0.2) is 23.1 Å². The maximum atomic E-state index is 14.0. The van der Waals surface area contributed by atoms with Crippen LogP contribution >= 0.6 is 0 Å². The summed E-state index contributed by atoms with van der Waals surface area (Å²) in [5.74, 6) is -0.673. The van der Waals surface area contributed by atoms with Crippen LogP contribution in [0.1, 0.15) is 25.3 Å². The van der Waals surface area contributed by atoms with Gasteiger partial charge < -0.3 is 4.90 Å². The summed E-state index contributed by atoms with van der Waals surface area (Å²) in [5, 5.41) is 0. The first kappa shape index (κ1) is 16.4. The van der Waals surface area contributed by atoms with Crippen LogP contribution in [-0.2, 0) is 10.0 Å². The van der Waals surface area contributed by atoms with E-state index in [1.165, 1.54) is 16.4 Å². The van der Waals surface area contributed by atoms with Crippen molar-refractivity contribution in [2.75, 3.05) is 26.7 Å². The van der Waals surface area contributed by atoms with Gasteiger partial charge in [-0.25, -0.2) is 12.8 Å². The summed E-state index contributed by atoms with van der Waals surface area (Å²) in [7, 11) is -1.80. The van der Waals surface area contributed by atoms with Gasteiger partial charge in [0.2, 0.25) is 10.0 Å². The first-order valence-electron chi connectivity index (χ1n) is 7.32. The van der Waals surface area contributed by atoms with E-state index in [1.54, 1.807) is 13.0 Å². The molecule has 1 unspecified atom stereocenters. The fraction of sp³-hybridized carbons (Fsp3) is 0.600. The van der Waals surface area contributed by atoms with E-state index in [-0.39, 0.29) is 10.9 Å². The minimum Gasteiger partial charge on any atom is -0.305 e. The number of hydrogen-bond donors (Lipinski definition) is 0. The lowest BCUT2D eigenvalue weighted by molar-refractivity contribution is 0.270. The van der Waals surface area contributed by atoms with E-state index >= 15 is 0 Å². The summed E-state index contributed by atoms with van der Waals surface area (Å²) in [6, 6.07) is 4.13. The second kappa shape index (κ2) is 6.42. The Labute approximate surface area is 126 Å². The molecule has 1 aromatic rings. The number of nitrogens with zero attached hydrogens (tertiary/aromatic N) is 2. The SMILES string of the molecule is CCC1CN(C)CCCN1S(=O)(=O)c1cc(C)ccc1F. The number of halogens is 1. The number of hydrogen-bond acceptors (Lipinski definition) is 3. The summed E-state index contributed by atoms with van der Waals surface area (Å²) in [6.07, 6.45) is 1.48.